The molecule has 1 amide bonds. The van der Waals surface area contributed by atoms with Crippen molar-refractivity contribution in [1.82, 2.24) is 5.32 Å². The minimum Gasteiger partial charge on any atom is -0.497 e. The molecule has 0 bridgehead atoms. The lowest BCUT2D eigenvalue weighted by atomic mass is 10.0. The average molecular weight is 269 g/mol. The fourth-order valence-electron chi connectivity index (χ4n) is 1.94. The summed E-state index contributed by atoms with van der Waals surface area (Å²) in [5, 5.41) is 2.87. The summed E-state index contributed by atoms with van der Waals surface area (Å²) in [7, 11) is 1.65. The van der Waals surface area contributed by atoms with Crippen LogP contribution in [0.1, 0.15) is 23.7 Å². The normalized spacial score (nSPS) is 10.1. The van der Waals surface area contributed by atoms with Crippen LogP contribution in [0.25, 0.3) is 11.1 Å². The van der Waals surface area contributed by atoms with Crippen LogP contribution in [0.15, 0.2) is 48.5 Å². The van der Waals surface area contributed by atoms with Gasteiger partial charge in [-0.3, -0.25) is 4.79 Å². The van der Waals surface area contributed by atoms with Gasteiger partial charge < -0.3 is 10.1 Å². The maximum atomic E-state index is 11.8. The SMILES string of the molecule is CCCNC(=O)c1ccc(-c2ccc(OC)cc2)cc1. The molecule has 0 unspecified atom stereocenters. The minimum absolute atomic E-state index is 0.0202. The number of carbonyl (C=O) groups excluding carboxylic acids is 1. The molecule has 0 saturated heterocycles. The van der Waals surface area contributed by atoms with E-state index in [1.54, 1.807) is 7.11 Å². The summed E-state index contributed by atoms with van der Waals surface area (Å²) in [5.74, 6) is 0.817. The van der Waals surface area contributed by atoms with Crippen molar-refractivity contribution < 1.29 is 9.53 Å². The van der Waals surface area contributed by atoms with Crippen LogP contribution in [0.5, 0.6) is 5.75 Å². The Morgan fingerprint density at radius 2 is 1.55 bits per heavy atom. The Hall–Kier alpha value is -2.29. The van der Waals surface area contributed by atoms with Crippen molar-refractivity contribution in [1.29, 1.82) is 0 Å². The van der Waals surface area contributed by atoms with Crippen molar-refractivity contribution in [3.05, 3.63) is 54.1 Å². The first-order chi connectivity index (χ1) is 9.74. The van der Waals surface area contributed by atoms with Crippen molar-refractivity contribution in [3.63, 3.8) is 0 Å². The molecule has 104 valence electrons. The molecule has 0 aromatic heterocycles. The molecular formula is C17H19NO2. The molecule has 0 aliphatic rings. The second-order valence-electron chi connectivity index (χ2n) is 4.56. The summed E-state index contributed by atoms with van der Waals surface area (Å²) in [5.41, 5.74) is 2.88. The first-order valence-corrected chi connectivity index (χ1v) is 6.77. The van der Waals surface area contributed by atoms with Crippen molar-refractivity contribution in [3.8, 4) is 16.9 Å². The standard InChI is InChI=1S/C17H19NO2/c1-3-12-18-17(19)15-6-4-13(5-7-15)14-8-10-16(20-2)11-9-14/h4-11H,3,12H2,1-2H3,(H,18,19). The summed E-state index contributed by atoms with van der Waals surface area (Å²) in [6.45, 7) is 2.74. The molecule has 0 radical (unpaired) electrons. The van der Waals surface area contributed by atoms with E-state index in [1.807, 2.05) is 55.5 Å². The summed E-state index contributed by atoms with van der Waals surface area (Å²) in [6, 6.07) is 15.5. The Balaban J connectivity index is 2.12. The molecular weight excluding hydrogens is 250 g/mol. The molecule has 0 saturated carbocycles. The Morgan fingerprint density at radius 3 is 2.05 bits per heavy atom. The largest absolute Gasteiger partial charge is 0.497 e. The summed E-state index contributed by atoms with van der Waals surface area (Å²) in [6.07, 6.45) is 0.940. The molecule has 2 aromatic rings. The summed E-state index contributed by atoms with van der Waals surface area (Å²) < 4.78 is 5.14. The van der Waals surface area contributed by atoms with Gasteiger partial charge >= 0.3 is 0 Å². The number of rotatable bonds is 5. The molecule has 2 aromatic carbocycles. The van der Waals surface area contributed by atoms with E-state index in [0.717, 1.165) is 23.3 Å². The Labute approximate surface area is 119 Å². The zero-order chi connectivity index (χ0) is 14.4. The van der Waals surface area contributed by atoms with E-state index in [-0.39, 0.29) is 5.91 Å². The summed E-state index contributed by atoms with van der Waals surface area (Å²) in [4.78, 5) is 11.8. The fourth-order valence-corrected chi connectivity index (χ4v) is 1.94. The van der Waals surface area contributed by atoms with Gasteiger partial charge in [0.1, 0.15) is 5.75 Å². The third kappa shape index (κ3) is 3.38. The minimum atomic E-state index is -0.0202. The Morgan fingerprint density at radius 1 is 1.00 bits per heavy atom. The fraction of sp³-hybridized carbons (Fsp3) is 0.235. The third-order valence-corrected chi connectivity index (χ3v) is 3.11. The molecule has 0 aliphatic carbocycles. The monoisotopic (exact) mass is 269 g/mol. The number of carbonyl (C=O) groups is 1. The van der Waals surface area contributed by atoms with Crippen molar-refractivity contribution in [2.24, 2.45) is 0 Å². The first-order valence-electron chi connectivity index (χ1n) is 6.77. The molecule has 0 atom stereocenters. The number of hydrogen-bond acceptors (Lipinski definition) is 2. The molecule has 0 heterocycles. The zero-order valence-corrected chi connectivity index (χ0v) is 11.8. The smallest absolute Gasteiger partial charge is 0.251 e. The number of ether oxygens (including phenoxy) is 1. The van der Waals surface area contributed by atoms with E-state index in [4.69, 9.17) is 4.74 Å². The highest BCUT2D eigenvalue weighted by molar-refractivity contribution is 5.94. The maximum Gasteiger partial charge on any atom is 0.251 e. The first kappa shape index (κ1) is 14.1. The number of methoxy groups -OCH3 is 1. The van der Waals surface area contributed by atoms with Gasteiger partial charge in [-0.25, -0.2) is 0 Å². The topological polar surface area (TPSA) is 38.3 Å². The van der Waals surface area contributed by atoms with Crippen LogP contribution in [0.3, 0.4) is 0 Å². The second kappa shape index (κ2) is 6.75. The van der Waals surface area contributed by atoms with Gasteiger partial charge in [-0.05, 0) is 41.8 Å². The van der Waals surface area contributed by atoms with Crippen LogP contribution < -0.4 is 10.1 Å². The highest BCUT2D eigenvalue weighted by atomic mass is 16.5. The third-order valence-electron chi connectivity index (χ3n) is 3.11. The van der Waals surface area contributed by atoms with Crippen molar-refractivity contribution >= 4 is 5.91 Å². The van der Waals surface area contributed by atoms with Gasteiger partial charge in [-0.1, -0.05) is 31.2 Å². The number of amides is 1. The van der Waals surface area contributed by atoms with Gasteiger partial charge in [0, 0.05) is 12.1 Å². The molecule has 0 fully saturated rings. The lowest BCUT2D eigenvalue weighted by Crippen LogP contribution is -2.23. The van der Waals surface area contributed by atoms with Crippen molar-refractivity contribution in [2.45, 2.75) is 13.3 Å². The highest BCUT2D eigenvalue weighted by Gasteiger charge is 2.05. The van der Waals surface area contributed by atoms with E-state index in [0.29, 0.717) is 12.1 Å². The predicted octanol–water partition coefficient (Wildman–Crippen LogP) is 3.50. The van der Waals surface area contributed by atoms with E-state index in [2.05, 4.69) is 5.32 Å². The Kier molecular flexibility index (Phi) is 4.77. The maximum absolute atomic E-state index is 11.8. The number of benzene rings is 2. The molecule has 2 rings (SSSR count). The van der Waals surface area contributed by atoms with Crippen LogP contribution >= 0.6 is 0 Å². The quantitative estimate of drug-likeness (QED) is 0.902. The zero-order valence-electron chi connectivity index (χ0n) is 11.8. The molecule has 20 heavy (non-hydrogen) atoms. The van der Waals surface area contributed by atoms with Crippen LogP contribution in [-0.4, -0.2) is 19.6 Å². The van der Waals surface area contributed by atoms with Crippen LogP contribution in [0.2, 0.25) is 0 Å². The molecule has 3 nitrogen and oxygen atoms in total. The molecule has 3 heteroatoms. The van der Waals surface area contributed by atoms with Crippen LogP contribution in [0.4, 0.5) is 0 Å². The molecule has 0 spiro atoms. The average Bonchev–Trinajstić information content (AvgIpc) is 2.53. The van der Waals surface area contributed by atoms with Gasteiger partial charge in [-0.2, -0.15) is 0 Å². The van der Waals surface area contributed by atoms with E-state index >= 15 is 0 Å². The number of nitrogens with one attached hydrogen (secondary N) is 1. The van der Waals surface area contributed by atoms with Crippen LogP contribution in [-0.2, 0) is 0 Å². The lowest BCUT2D eigenvalue weighted by molar-refractivity contribution is 0.0953. The van der Waals surface area contributed by atoms with Gasteiger partial charge in [0.15, 0.2) is 0 Å². The van der Waals surface area contributed by atoms with Gasteiger partial charge in [0.05, 0.1) is 7.11 Å². The van der Waals surface area contributed by atoms with E-state index in [9.17, 15) is 4.79 Å². The van der Waals surface area contributed by atoms with Crippen LogP contribution in [0, 0.1) is 0 Å². The van der Waals surface area contributed by atoms with Crippen molar-refractivity contribution in [2.75, 3.05) is 13.7 Å². The predicted molar refractivity (Wildman–Crippen MR) is 81.1 cm³/mol. The molecule has 1 N–H and O–H groups in total. The van der Waals surface area contributed by atoms with E-state index in [1.165, 1.54) is 0 Å². The van der Waals surface area contributed by atoms with Gasteiger partial charge in [-0.15, -0.1) is 0 Å². The second-order valence-corrected chi connectivity index (χ2v) is 4.56. The van der Waals surface area contributed by atoms with E-state index < -0.39 is 0 Å². The highest BCUT2D eigenvalue weighted by Crippen LogP contribution is 2.22. The summed E-state index contributed by atoms with van der Waals surface area (Å²) >= 11 is 0. The van der Waals surface area contributed by atoms with Gasteiger partial charge in [0.25, 0.3) is 5.91 Å². The molecule has 0 aliphatic heterocycles. The van der Waals surface area contributed by atoms with Gasteiger partial charge in [0.2, 0.25) is 0 Å². The number of hydrogen-bond donors (Lipinski definition) is 1. The Bertz CT molecular complexity index is 559. The lowest BCUT2D eigenvalue weighted by Gasteiger charge is -2.06.